The lowest BCUT2D eigenvalue weighted by Gasteiger charge is -2.32. The van der Waals surface area contributed by atoms with Crippen LogP contribution in [0.1, 0.15) is 49.7 Å². The van der Waals surface area contributed by atoms with Crippen molar-refractivity contribution in [3.8, 4) is 0 Å². The molecule has 1 amide bonds. The van der Waals surface area contributed by atoms with Crippen molar-refractivity contribution in [2.45, 2.75) is 56.3 Å². The lowest BCUT2D eigenvalue weighted by Crippen LogP contribution is -3.15. The van der Waals surface area contributed by atoms with E-state index in [1.807, 2.05) is 17.0 Å². The number of rotatable bonds is 4. The van der Waals surface area contributed by atoms with Gasteiger partial charge in [-0.05, 0) is 61.8 Å². The first kappa shape index (κ1) is 20.8. The van der Waals surface area contributed by atoms with E-state index in [2.05, 4.69) is 0 Å². The highest BCUT2D eigenvalue weighted by molar-refractivity contribution is 7.89. The number of hydrogen-bond acceptors (Lipinski definition) is 3. The van der Waals surface area contributed by atoms with Crippen molar-refractivity contribution >= 4 is 15.9 Å². The highest BCUT2D eigenvalue weighted by Gasteiger charge is 2.32. The van der Waals surface area contributed by atoms with Crippen LogP contribution >= 0.6 is 0 Å². The average Bonchev–Trinajstić information content (AvgIpc) is 3.03. The third kappa shape index (κ3) is 4.84. The molecule has 0 radical (unpaired) electrons. The lowest BCUT2D eigenvalue weighted by molar-refractivity contribution is -0.896. The van der Waals surface area contributed by atoms with Crippen LogP contribution in [-0.2, 0) is 27.7 Å². The number of piperazine rings is 1. The van der Waals surface area contributed by atoms with Gasteiger partial charge >= 0.3 is 0 Å². The van der Waals surface area contributed by atoms with Gasteiger partial charge in [-0.2, -0.15) is 4.31 Å². The number of carbonyl (C=O) groups excluding carboxylic acids is 1. The van der Waals surface area contributed by atoms with Crippen molar-refractivity contribution in [2.75, 3.05) is 45.8 Å². The Bertz CT molecular complexity index is 824. The zero-order chi connectivity index (χ0) is 20.3. The summed E-state index contributed by atoms with van der Waals surface area (Å²) in [5, 5.41) is 0. The molecule has 0 unspecified atom stereocenters. The number of benzene rings is 1. The maximum atomic E-state index is 13.1. The largest absolute Gasteiger partial charge is 0.338 e. The number of aryl methyl sites for hydroxylation is 2. The zero-order valence-corrected chi connectivity index (χ0v) is 18.2. The lowest BCUT2D eigenvalue weighted by atomic mass is 9.92. The number of amides is 1. The third-order valence-corrected chi connectivity index (χ3v) is 8.64. The fraction of sp³-hybridized carbons (Fsp3) is 0.682. The normalized spacial score (nSPS) is 22.1. The van der Waals surface area contributed by atoms with Crippen molar-refractivity contribution < 1.29 is 18.1 Å². The minimum absolute atomic E-state index is 0.230. The topological polar surface area (TPSA) is 62.1 Å². The molecule has 7 heteroatoms. The van der Waals surface area contributed by atoms with E-state index < -0.39 is 10.0 Å². The molecule has 2 aliphatic heterocycles. The molecule has 4 rings (SSSR count). The van der Waals surface area contributed by atoms with Crippen molar-refractivity contribution in [3.63, 3.8) is 0 Å². The quantitative estimate of drug-likeness (QED) is 0.786. The van der Waals surface area contributed by atoms with Gasteiger partial charge in [0, 0.05) is 13.1 Å². The van der Waals surface area contributed by atoms with Crippen LogP contribution in [0.4, 0.5) is 0 Å². The minimum atomic E-state index is -3.45. The molecule has 1 aromatic carbocycles. The molecule has 2 fully saturated rings. The number of likely N-dealkylation sites (tertiary alicyclic amines) is 1. The summed E-state index contributed by atoms with van der Waals surface area (Å²) in [5.41, 5.74) is 2.50. The number of fused-ring (bicyclic) bond motifs is 1. The molecular weight excluding hydrogens is 386 g/mol. The van der Waals surface area contributed by atoms with E-state index in [0.717, 1.165) is 45.2 Å². The molecule has 6 nitrogen and oxygen atoms in total. The molecular formula is C22H34N3O3S+. The van der Waals surface area contributed by atoms with E-state index in [9.17, 15) is 13.2 Å². The summed E-state index contributed by atoms with van der Waals surface area (Å²) in [4.78, 5) is 16.3. The molecule has 0 atom stereocenters. The van der Waals surface area contributed by atoms with E-state index in [0.29, 0.717) is 37.6 Å². The predicted molar refractivity (Wildman–Crippen MR) is 112 cm³/mol. The maximum absolute atomic E-state index is 13.1. The van der Waals surface area contributed by atoms with Gasteiger partial charge in [0.05, 0.1) is 31.1 Å². The first-order valence-corrected chi connectivity index (χ1v) is 12.7. The minimum Gasteiger partial charge on any atom is -0.338 e. The Morgan fingerprint density at radius 3 is 2.21 bits per heavy atom. The van der Waals surface area contributed by atoms with Crippen LogP contribution in [0.15, 0.2) is 23.1 Å². The second-order valence-electron chi connectivity index (χ2n) is 8.76. The summed E-state index contributed by atoms with van der Waals surface area (Å²) in [6.07, 6.45) is 9.02. The van der Waals surface area contributed by atoms with Crippen LogP contribution in [-0.4, -0.2) is 69.3 Å². The third-order valence-electron chi connectivity index (χ3n) is 6.75. The highest BCUT2D eigenvalue weighted by Crippen LogP contribution is 2.25. The summed E-state index contributed by atoms with van der Waals surface area (Å²) in [7, 11) is -3.45. The Balaban J connectivity index is 1.34. The Morgan fingerprint density at radius 2 is 1.52 bits per heavy atom. The summed E-state index contributed by atoms with van der Waals surface area (Å²) in [6, 6.07) is 5.68. The van der Waals surface area contributed by atoms with E-state index in [1.54, 1.807) is 10.4 Å². The average molecular weight is 421 g/mol. The van der Waals surface area contributed by atoms with Crippen molar-refractivity contribution in [3.05, 3.63) is 29.3 Å². The van der Waals surface area contributed by atoms with E-state index in [1.165, 1.54) is 35.3 Å². The second-order valence-corrected chi connectivity index (χ2v) is 10.7. The molecule has 29 heavy (non-hydrogen) atoms. The van der Waals surface area contributed by atoms with Crippen LogP contribution in [0.25, 0.3) is 0 Å². The van der Waals surface area contributed by atoms with Gasteiger partial charge < -0.3 is 9.80 Å². The first-order chi connectivity index (χ1) is 14.0. The molecule has 0 spiro atoms. The van der Waals surface area contributed by atoms with Crippen molar-refractivity contribution in [1.82, 2.24) is 9.21 Å². The van der Waals surface area contributed by atoms with Crippen LogP contribution in [0.5, 0.6) is 0 Å². The number of quaternary nitrogens is 1. The summed E-state index contributed by atoms with van der Waals surface area (Å²) < 4.78 is 27.9. The second kappa shape index (κ2) is 9.14. The van der Waals surface area contributed by atoms with E-state index in [4.69, 9.17) is 0 Å². The Kier molecular flexibility index (Phi) is 6.56. The standard InChI is InChI=1S/C22H33N3O3S/c26-22(24-11-5-1-2-6-12-24)18-23-13-15-25(16-14-23)29(27,28)21-10-9-19-7-3-4-8-20(19)17-21/h9-10,17H,1-8,11-16,18H2/p+1. The number of hydrogen-bond donors (Lipinski definition) is 1. The van der Waals surface area contributed by atoms with Crippen molar-refractivity contribution in [1.29, 1.82) is 0 Å². The molecule has 3 aliphatic rings. The Morgan fingerprint density at radius 1 is 0.862 bits per heavy atom. The monoisotopic (exact) mass is 420 g/mol. The maximum Gasteiger partial charge on any atom is 0.277 e. The molecule has 0 saturated carbocycles. The molecule has 2 saturated heterocycles. The van der Waals surface area contributed by atoms with Gasteiger partial charge in [-0.1, -0.05) is 18.9 Å². The smallest absolute Gasteiger partial charge is 0.277 e. The summed E-state index contributed by atoms with van der Waals surface area (Å²) in [6.45, 7) is 4.63. The molecule has 1 aromatic rings. The number of nitrogens with one attached hydrogen (secondary N) is 1. The molecule has 0 bridgehead atoms. The number of carbonyl (C=O) groups is 1. The van der Waals surface area contributed by atoms with E-state index in [-0.39, 0.29) is 5.91 Å². The van der Waals surface area contributed by atoms with Gasteiger partial charge in [0.15, 0.2) is 6.54 Å². The van der Waals surface area contributed by atoms with Crippen LogP contribution < -0.4 is 4.90 Å². The molecule has 1 aliphatic carbocycles. The van der Waals surface area contributed by atoms with Gasteiger partial charge in [-0.25, -0.2) is 8.42 Å². The van der Waals surface area contributed by atoms with Gasteiger partial charge in [0.2, 0.25) is 10.0 Å². The fourth-order valence-electron chi connectivity index (χ4n) is 4.88. The van der Waals surface area contributed by atoms with Crippen LogP contribution in [0.2, 0.25) is 0 Å². The SMILES string of the molecule is O=C(C[NH+]1CCN(S(=O)(=O)c2ccc3c(c2)CCCC3)CC1)N1CCCCCC1. The molecule has 160 valence electrons. The Labute approximate surface area is 174 Å². The summed E-state index contributed by atoms with van der Waals surface area (Å²) >= 11 is 0. The van der Waals surface area contributed by atoms with Gasteiger partial charge in [0.25, 0.3) is 5.91 Å². The summed E-state index contributed by atoms with van der Waals surface area (Å²) in [5.74, 6) is 0.230. The van der Waals surface area contributed by atoms with Crippen molar-refractivity contribution in [2.24, 2.45) is 0 Å². The first-order valence-electron chi connectivity index (χ1n) is 11.3. The van der Waals surface area contributed by atoms with E-state index >= 15 is 0 Å². The highest BCUT2D eigenvalue weighted by atomic mass is 32.2. The fourth-order valence-corrected chi connectivity index (χ4v) is 6.38. The zero-order valence-electron chi connectivity index (χ0n) is 17.4. The van der Waals surface area contributed by atoms with Gasteiger partial charge in [-0.3, -0.25) is 4.79 Å². The van der Waals surface area contributed by atoms with Gasteiger partial charge in [-0.15, -0.1) is 0 Å². The van der Waals surface area contributed by atoms with Crippen LogP contribution in [0, 0.1) is 0 Å². The Hall–Kier alpha value is -1.44. The van der Waals surface area contributed by atoms with Gasteiger partial charge in [0.1, 0.15) is 0 Å². The number of sulfonamides is 1. The molecule has 2 heterocycles. The predicted octanol–water partition coefficient (Wildman–Crippen LogP) is 0.857. The van der Waals surface area contributed by atoms with Crippen LogP contribution in [0.3, 0.4) is 0 Å². The molecule has 1 N–H and O–H groups in total. The molecule has 0 aromatic heterocycles. The number of nitrogens with zero attached hydrogens (tertiary/aromatic N) is 2.